The van der Waals surface area contributed by atoms with E-state index in [1.165, 1.54) is 0 Å². The lowest BCUT2D eigenvalue weighted by Gasteiger charge is -2.21. The minimum Gasteiger partial charge on any atom is -0.383 e. The molecule has 4 nitrogen and oxygen atoms in total. The lowest BCUT2D eigenvalue weighted by Crippen LogP contribution is -2.40. The molecule has 0 radical (unpaired) electrons. The van der Waals surface area contributed by atoms with Crippen molar-refractivity contribution in [3.8, 4) is 0 Å². The van der Waals surface area contributed by atoms with Crippen molar-refractivity contribution in [2.75, 3.05) is 19.6 Å². The van der Waals surface area contributed by atoms with Gasteiger partial charge in [0, 0.05) is 13.1 Å². The second kappa shape index (κ2) is 7.50. The minimum atomic E-state index is -0.916. The van der Waals surface area contributed by atoms with Gasteiger partial charge in [0.05, 0.1) is 6.54 Å². The summed E-state index contributed by atoms with van der Waals surface area (Å²) >= 11 is 1.59. The quantitative estimate of drug-likeness (QED) is 0.554. The number of hydrogen-bond acceptors (Lipinski definition) is 3. The van der Waals surface area contributed by atoms with Gasteiger partial charge in [-0.25, -0.2) is 4.99 Å². The van der Waals surface area contributed by atoms with Crippen molar-refractivity contribution in [2.45, 2.75) is 33.3 Å². The molecule has 1 atom stereocenters. The number of guanidine groups is 1. The Balaban J connectivity index is 2.63. The van der Waals surface area contributed by atoms with E-state index in [0.717, 1.165) is 24.6 Å². The van der Waals surface area contributed by atoms with Gasteiger partial charge in [0.25, 0.3) is 0 Å². The van der Waals surface area contributed by atoms with Crippen molar-refractivity contribution < 1.29 is 5.11 Å². The summed E-state index contributed by atoms with van der Waals surface area (Å²) in [7, 11) is 0. The molecule has 108 valence electrons. The number of aliphatic imine (C=N–C) groups is 1. The van der Waals surface area contributed by atoms with Gasteiger partial charge >= 0.3 is 0 Å². The molecule has 0 fully saturated rings. The number of thiophene rings is 1. The Morgan fingerprint density at radius 1 is 1.47 bits per heavy atom. The van der Waals surface area contributed by atoms with Crippen LogP contribution in [0.4, 0.5) is 0 Å². The molecule has 19 heavy (non-hydrogen) atoms. The van der Waals surface area contributed by atoms with Crippen LogP contribution >= 0.6 is 11.3 Å². The fourth-order valence-electron chi connectivity index (χ4n) is 1.54. The molecule has 0 aromatic carbocycles. The maximum Gasteiger partial charge on any atom is 0.191 e. The predicted octanol–water partition coefficient (Wildman–Crippen LogP) is 2.17. The number of hydrogen-bond donors (Lipinski definition) is 3. The Labute approximate surface area is 120 Å². The van der Waals surface area contributed by atoms with Crippen molar-refractivity contribution >= 4 is 17.3 Å². The third-order valence-corrected chi connectivity index (χ3v) is 3.39. The predicted molar refractivity (Wildman–Crippen MR) is 82.7 cm³/mol. The molecule has 0 saturated carbocycles. The standard InChI is InChI=1S/C14H25N3OS/c1-5-15-13(16-8-11(2)3)17-10-14(4,18)12-6-7-19-9-12/h6-7,9,11,18H,5,8,10H2,1-4H3,(H2,15,16,17). The SMILES string of the molecule is CCNC(=NCC(C)(O)c1ccsc1)NCC(C)C. The first-order chi connectivity index (χ1) is 8.95. The molecule has 0 aliphatic rings. The second-order valence-electron chi connectivity index (χ2n) is 5.26. The normalized spacial score (nSPS) is 15.4. The molecule has 1 heterocycles. The third-order valence-electron chi connectivity index (χ3n) is 2.71. The highest BCUT2D eigenvalue weighted by Crippen LogP contribution is 2.23. The van der Waals surface area contributed by atoms with E-state index in [2.05, 4.69) is 29.5 Å². The van der Waals surface area contributed by atoms with E-state index in [1.807, 2.05) is 23.8 Å². The van der Waals surface area contributed by atoms with Crippen LogP contribution in [0, 0.1) is 5.92 Å². The molecule has 3 N–H and O–H groups in total. The van der Waals surface area contributed by atoms with Crippen LogP contribution in [0.5, 0.6) is 0 Å². The zero-order chi connectivity index (χ0) is 14.3. The van der Waals surface area contributed by atoms with Gasteiger partial charge < -0.3 is 15.7 Å². The summed E-state index contributed by atoms with van der Waals surface area (Å²) in [6.07, 6.45) is 0. The van der Waals surface area contributed by atoms with Crippen molar-refractivity contribution in [3.63, 3.8) is 0 Å². The lowest BCUT2D eigenvalue weighted by molar-refractivity contribution is 0.0677. The number of nitrogens with one attached hydrogen (secondary N) is 2. The fraction of sp³-hybridized carbons (Fsp3) is 0.643. The molecular formula is C14H25N3OS. The molecule has 0 bridgehead atoms. The Kier molecular flexibility index (Phi) is 6.31. The molecule has 1 rings (SSSR count). The average Bonchev–Trinajstić information content (AvgIpc) is 2.87. The van der Waals surface area contributed by atoms with E-state index >= 15 is 0 Å². The van der Waals surface area contributed by atoms with E-state index in [4.69, 9.17) is 0 Å². The Morgan fingerprint density at radius 2 is 2.21 bits per heavy atom. The molecule has 5 heteroatoms. The third kappa shape index (κ3) is 5.61. The molecule has 0 saturated heterocycles. The first-order valence-electron chi connectivity index (χ1n) is 6.73. The second-order valence-corrected chi connectivity index (χ2v) is 6.04. The van der Waals surface area contributed by atoms with Gasteiger partial charge in [-0.1, -0.05) is 13.8 Å². The van der Waals surface area contributed by atoms with E-state index in [-0.39, 0.29) is 0 Å². The fourth-order valence-corrected chi connectivity index (χ4v) is 2.32. The summed E-state index contributed by atoms with van der Waals surface area (Å²) in [5.41, 5.74) is 0.00107. The molecule has 0 spiro atoms. The van der Waals surface area contributed by atoms with Crippen LogP contribution in [-0.2, 0) is 5.60 Å². The monoisotopic (exact) mass is 283 g/mol. The number of aliphatic hydroxyl groups is 1. The molecule has 1 aromatic heterocycles. The Hall–Kier alpha value is -1.07. The maximum absolute atomic E-state index is 10.4. The average molecular weight is 283 g/mol. The molecular weight excluding hydrogens is 258 g/mol. The molecule has 0 amide bonds. The van der Waals surface area contributed by atoms with Crippen LogP contribution in [-0.4, -0.2) is 30.7 Å². The smallest absolute Gasteiger partial charge is 0.191 e. The van der Waals surface area contributed by atoms with Crippen LogP contribution < -0.4 is 10.6 Å². The van der Waals surface area contributed by atoms with Gasteiger partial charge in [0.1, 0.15) is 5.60 Å². The molecule has 1 unspecified atom stereocenters. The van der Waals surface area contributed by atoms with Crippen LogP contribution in [0.25, 0.3) is 0 Å². The Bertz CT molecular complexity index is 385. The maximum atomic E-state index is 10.4. The van der Waals surface area contributed by atoms with Crippen LogP contribution in [0.3, 0.4) is 0 Å². The van der Waals surface area contributed by atoms with Crippen molar-refractivity contribution in [2.24, 2.45) is 10.9 Å². The van der Waals surface area contributed by atoms with Gasteiger partial charge in [-0.3, -0.25) is 0 Å². The van der Waals surface area contributed by atoms with Crippen LogP contribution in [0.15, 0.2) is 21.8 Å². The molecule has 0 aliphatic carbocycles. The largest absolute Gasteiger partial charge is 0.383 e. The zero-order valence-electron chi connectivity index (χ0n) is 12.2. The van der Waals surface area contributed by atoms with Gasteiger partial charge in [-0.05, 0) is 42.2 Å². The summed E-state index contributed by atoms with van der Waals surface area (Å²) in [5.74, 6) is 1.31. The highest BCUT2D eigenvalue weighted by Gasteiger charge is 2.23. The van der Waals surface area contributed by atoms with E-state index in [9.17, 15) is 5.11 Å². The van der Waals surface area contributed by atoms with Crippen molar-refractivity contribution in [1.82, 2.24) is 10.6 Å². The van der Waals surface area contributed by atoms with Gasteiger partial charge in [-0.2, -0.15) is 11.3 Å². The lowest BCUT2D eigenvalue weighted by atomic mass is 10.00. The van der Waals surface area contributed by atoms with E-state index in [0.29, 0.717) is 12.5 Å². The van der Waals surface area contributed by atoms with Gasteiger partial charge in [0.2, 0.25) is 0 Å². The molecule has 0 aliphatic heterocycles. The van der Waals surface area contributed by atoms with E-state index < -0.39 is 5.60 Å². The summed E-state index contributed by atoms with van der Waals surface area (Å²) in [6, 6.07) is 1.94. The molecule has 1 aromatic rings. The van der Waals surface area contributed by atoms with Gasteiger partial charge in [0.15, 0.2) is 5.96 Å². The van der Waals surface area contributed by atoms with Gasteiger partial charge in [-0.15, -0.1) is 0 Å². The first-order valence-corrected chi connectivity index (χ1v) is 7.67. The minimum absolute atomic E-state index is 0.344. The number of nitrogens with zero attached hydrogens (tertiary/aromatic N) is 1. The van der Waals surface area contributed by atoms with Crippen LogP contribution in [0.1, 0.15) is 33.3 Å². The van der Waals surface area contributed by atoms with Crippen LogP contribution in [0.2, 0.25) is 0 Å². The summed E-state index contributed by atoms with van der Waals surface area (Å²) in [4.78, 5) is 4.46. The zero-order valence-corrected chi connectivity index (χ0v) is 13.0. The number of rotatable bonds is 6. The van der Waals surface area contributed by atoms with Crippen molar-refractivity contribution in [3.05, 3.63) is 22.4 Å². The summed E-state index contributed by atoms with van der Waals surface area (Å²) in [5, 5.41) is 20.8. The topological polar surface area (TPSA) is 56.7 Å². The van der Waals surface area contributed by atoms with Crippen molar-refractivity contribution in [1.29, 1.82) is 0 Å². The highest BCUT2D eigenvalue weighted by atomic mass is 32.1. The first kappa shape index (κ1) is 16.0. The van der Waals surface area contributed by atoms with E-state index in [1.54, 1.807) is 18.3 Å². The summed E-state index contributed by atoms with van der Waals surface area (Å²) < 4.78 is 0. The Morgan fingerprint density at radius 3 is 2.74 bits per heavy atom. The summed E-state index contributed by atoms with van der Waals surface area (Å²) in [6.45, 7) is 10.2. The highest BCUT2D eigenvalue weighted by molar-refractivity contribution is 7.08.